The fourth-order valence-electron chi connectivity index (χ4n) is 3.77. The van der Waals surface area contributed by atoms with E-state index in [1.807, 2.05) is 0 Å². The smallest absolute Gasteiger partial charge is 0.0249 e. The molecule has 0 amide bonds. The van der Waals surface area contributed by atoms with Crippen molar-refractivity contribution in [3.05, 3.63) is 0 Å². The molecule has 2 heteroatoms. The molecule has 0 radical (unpaired) electrons. The summed E-state index contributed by atoms with van der Waals surface area (Å²) in [5.41, 5.74) is 0. The van der Waals surface area contributed by atoms with Gasteiger partial charge in [0.25, 0.3) is 0 Å². The molecular weight excluding hydrogens is 220 g/mol. The molecule has 1 aliphatic carbocycles. The van der Waals surface area contributed by atoms with Crippen LogP contribution in [0.5, 0.6) is 0 Å². The van der Waals surface area contributed by atoms with Crippen molar-refractivity contribution < 1.29 is 0 Å². The van der Waals surface area contributed by atoms with E-state index in [-0.39, 0.29) is 0 Å². The molecule has 1 aliphatic rings. The first kappa shape index (κ1) is 16.0. The van der Waals surface area contributed by atoms with Gasteiger partial charge >= 0.3 is 0 Å². The molecule has 1 N–H and O–H groups in total. The number of nitrogens with zero attached hydrogens (tertiary/aromatic N) is 1. The number of rotatable bonds is 8. The van der Waals surface area contributed by atoms with Gasteiger partial charge in [0.1, 0.15) is 0 Å². The minimum atomic E-state index is 0.668. The van der Waals surface area contributed by atoms with Crippen LogP contribution in [0.25, 0.3) is 0 Å². The Hall–Kier alpha value is -0.0800. The highest BCUT2D eigenvalue weighted by Crippen LogP contribution is 2.26. The van der Waals surface area contributed by atoms with Crippen LogP contribution in [0.1, 0.15) is 72.1 Å². The highest BCUT2D eigenvalue weighted by atomic mass is 15.2. The minimum Gasteiger partial charge on any atom is -0.315 e. The predicted octanol–water partition coefficient (Wildman–Crippen LogP) is 3.81. The molecule has 2 nitrogen and oxygen atoms in total. The average molecular weight is 254 g/mol. The lowest BCUT2D eigenvalue weighted by molar-refractivity contribution is 0.0825. The summed E-state index contributed by atoms with van der Waals surface area (Å²) in [6.45, 7) is 8.21. The zero-order valence-electron chi connectivity index (χ0n) is 13.0. The van der Waals surface area contributed by atoms with Crippen molar-refractivity contribution in [2.24, 2.45) is 0 Å². The van der Waals surface area contributed by atoms with Gasteiger partial charge in [0, 0.05) is 18.1 Å². The fraction of sp³-hybridized carbons (Fsp3) is 1.00. The van der Waals surface area contributed by atoms with Gasteiger partial charge in [-0.3, -0.25) is 4.90 Å². The van der Waals surface area contributed by atoms with Crippen LogP contribution < -0.4 is 5.32 Å². The van der Waals surface area contributed by atoms with Crippen LogP contribution in [0.4, 0.5) is 0 Å². The van der Waals surface area contributed by atoms with Gasteiger partial charge in [0.2, 0.25) is 0 Å². The van der Waals surface area contributed by atoms with E-state index in [9.17, 15) is 0 Å². The average Bonchev–Trinajstić information content (AvgIpc) is 2.43. The van der Waals surface area contributed by atoms with Crippen LogP contribution in [0.3, 0.4) is 0 Å². The highest BCUT2D eigenvalue weighted by Gasteiger charge is 2.29. The Balaban J connectivity index is 2.67. The number of hydrogen-bond donors (Lipinski definition) is 1. The Morgan fingerprint density at radius 3 is 2.22 bits per heavy atom. The summed E-state index contributed by atoms with van der Waals surface area (Å²) in [4.78, 5) is 2.80. The molecule has 0 aromatic rings. The van der Waals surface area contributed by atoms with Gasteiger partial charge in [-0.2, -0.15) is 0 Å². The molecule has 0 saturated heterocycles. The third-order valence-corrected chi connectivity index (χ3v) is 4.69. The lowest BCUT2D eigenvalue weighted by Crippen LogP contribution is -2.53. The van der Waals surface area contributed by atoms with Gasteiger partial charge in [-0.25, -0.2) is 0 Å². The van der Waals surface area contributed by atoms with Gasteiger partial charge in [0.15, 0.2) is 0 Å². The Kier molecular flexibility index (Phi) is 7.92. The van der Waals surface area contributed by atoms with E-state index in [1.165, 1.54) is 57.9 Å². The normalized spacial score (nSPS) is 21.2. The van der Waals surface area contributed by atoms with E-state index < -0.39 is 0 Å². The molecule has 1 fully saturated rings. The molecule has 1 saturated carbocycles. The maximum atomic E-state index is 3.57. The Labute approximate surface area is 115 Å². The molecule has 0 aromatic heterocycles. The van der Waals surface area contributed by atoms with Crippen LogP contribution >= 0.6 is 0 Å². The summed E-state index contributed by atoms with van der Waals surface area (Å²) in [6.07, 6.45) is 11.0. The molecule has 1 rings (SSSR count). The molecule has 2 unspecified atom stereocenters. The fourth-order valence-corrected chi connectivity index (χ4v) is 3.77. The monoisotopic (exact) mass is 254 g/mol. The van der Waals surface area contributed by atoms with Crippen LogP contribution in [-0.4, -0.2) is 36.6 Å². The molecule has 2 atom stereocenters. The van der Waals surface area contributed by atoms with Crippen LogP contribution in [0.15, 0.2) is 0 Å². The summed E-state index contributed by atoms with van der Waals surface area (Å²) in [5.74, 6) is 0. The van der Waals surface area contributed by atoms with Crippen molar-refractivity contribution >= 4 is 0 Å². The molecule has 108 valence electrons. The Morgan fingerprint density at radius 1 is 1.11 bits per heavy atom. The van der Waals surface area contributed by atoms with Crippen molar-refractivity contribution in [1.29, 1.82) is 0 Å². The first-order chi connectivity index (χ1) is 8.78. The van der Waals surface area contributed by atoms with Crippen molar-refractivity contribution in [3.8, 4) is 0 Å². The first-order valence-electron chi connectivity index (χ1n) is 8.21. The number of nitrogens with one attached hydrogen (secondary N) is 1. The molecule has 0 spiro atoms. The van der Waals surface area contributed by atoms with Gasteiger partial charge in [-0.05, 0) is 39.3 Å². The lowest BCUT2D eigenvalue weighted by atomic mass is 9.90. The zero-order valence-corrected chi connectivity index (χ0v) is 13.0. The molecular formula is C16H34N2. The highest BCUT2D eigenvalue weighted by molar-refractivity contribution is 4.87. The zero-order chi connectivity index (χ0) is 13.4. The Morgan fingerprint density at radius 2 is 1.78 bits per heavy atom. The maximum absolute atomic E-state index is 3.57. The van der Waals surface area contributed by atoms with Crippen LogP contribution in [-0.2, 0) is 0 Å². The number of likely N-dealkylation sites (N-methyl/N-ethyl adjacent to an activating group) is 2. The largest absolute Gasteiger partial charge is 0.315 e. The summed E-state index contributed by atoms with van der Waals surface area (Å²) >= 11 is 0. The first-order valence-corrected chi connectivity index (χ1v) is 8.21. The van der Waals surface area contributed by atoms with E-state index in [4.69, 9.17) is 0 Å². The summed E-state index contributed by atoms with van der Waals surface area (Å²) < 4.78 is 0. The van der Waals surface area contributed by atoms with E-state index in [2.05, 4.69) is 38.0 Å². The third kappa shape index (κ3) is 4.24. The maximum Gasteiger partial charge on any atom is 0.0249 e. The van der Waals surface area contributed by atoms with E-state index in [0.717, 1.165) is 12.1 Å². The summed E-state index contributed by atoms with van der Waals surface area (Å²) in [7, 11) is 2.14. The molecule has 0 aliphatic heterocycles. The SMILES string of the molecule is CCCC(NC)C(CC)N(CC)C1CCCCC1. The molecule has 18 heavy (non-hydrogen) atoms. The van der Waals surface area contributed by atoms with Crippen LogP contribution in [0.2, 0.25) is 0 Å². The van der Waals surface area contributed by atoms with Gasteiger partial charge in [-0.15, -0.1) is 0 Å². The predicted molar refractivity (Wildman–Crippen MR) is 81.1 cm³/mol. The van der Waals surface area contributed by atoms with Gasteiger partial charge in [0.05, 0.1) is 0 Å². The minimum absolute atomic E-state index is 0.668. The Bertz CT molecular complexity index is 189. The lowest BCUT2D eigenvalue weighted by Gasteiger charge is -2.42. The second-order valence-corrected chi connectivity index (χ2v) is 5.78. The topological polar surface area (TPSA) is 15.3 Å². The second kappa shape index (κ2) is 8.92. The van der Waals surface area contributed by atoms with Crippen molar-refractivity contribution in [2.75, 3.05) is 13.6 Å². The van der Waals surface area contributed by atoms with Crippen molar-refractivity contribution in [3.63, 3.8) is 0 Å². The number of hydrogen-bond acceptors (Lipinski definition) is 2. The van der Waals surface area contributed by atoms with Crippen LogP contribution in [0, 0.1) is 0 Å². The third-order valence-electron chi connectivity index (χ3n) is 4.69. The second-order valence-electron chi connectivity index (χ2n) is 5.78. The van der Waals surface area contributed by atoms with E-state index >= 15 is 0 Å². The molecule has 0 bridgehead atoms. The quantitative estimate of drug-likeness (QED) is 0.708. The van der Waals surface area contributed by atoms with Gasteiger partial charge < -0.3 is 5.32 Å². The standard InChI is InChI=1S/C16H34N2/c1-5-11-15(17-4)16(6-2)18(7-3)14-12-9-8-10-13-14/h14-17H,5-13H2,1-4H3. The molecule has 0 aromatic carbocycles. The van der Waals surface area contributed by atoms with E-state index in [0.29, 0.717) is 6.04 Å². The van der Waals surface area contributed by atoms with Crippen molar-refractivity contribution in [1.82, 2.24) is 10.2 Å². The summed E-state index contributed by atoms with van der Waals surface area (Å²) in [6, 6.07) is 2.24. The van der Waals surface area contributed by atoms with Crippen molar-refractivity contribution in [2.45, 2.75) is 90.3 Å². The van der Waals surface area contributed by atoms with E-state index in [1.54, 1.807) is 0 Å². The van der Waals surface area contributed by atoms with Gasteiger partial charge in [-0.1, -0.05) is 46.5 Å². The molecule has 0 heterocycles. The summed E-state index contributed by atoms with van der Waals surface area (Å²) in [5, 5.41) is 3.57.